The summed E-state index contributed by atoms with van der Waals surface area (Å²) in [7, 11) is 1.50. The van der Waals surface area contributed by atoms with Crippen LogP contribution in [0.4, 0.5) is 0 Å². The maximum atomic E-state index is 12.1. The average Bonchev–Trinajstić information content (AvgIpc) is 3.06. The normalized spacial score (nSPS) is 11.0. The summed E-state index contributed by atoms with van der Waals surface area (Å²) in [5.74, 6) is 0.474. The zero-order valence-electron chi connectivity index (χ0n) is 13.8. The number of rotatable bonds is 3. The van der Waals surface area contributed by atoms with Gasteiger partial charge in [0.05, 0.1) is 12.6 Å². The Balaban J connectivity index is 1.80. The van der Waals surface area contributed by atoms with Crippen LogP contribution in [0, 0.1) is 0 Å². The van der Waals surface area contributed by atoms with Crippen molar-refractivity contribution in [1.29, 1.82) is 0 Å². The first kappa shape index (κ1) is 15.8. The van der Waals surface area contributed by atoms with Crippen molar-refractivity contribution in [3.8, 4) is 28.3 Å². The van der Waals surface area contributed by atoms with Crippen LogP contribution in [0.5, 0.6) is 11.5 Å². The van der Waals surface area contributed by atoms with E-state index in [1.165, 1.54) is 7.11 Å². The van der Waals surface area contributed by atoms with Gasteiger partial charge in [0.1, 0.15) is 5.52 Å². The number of fused-ring (bicyclic) bond motifs is 1. The van der Waals surface area contributed by atoms with Gasteiger partial charge in [-0.15, -0.1) is 0 Å². The van der Waals surface area contributed by atoms with E-state index in [1.807, 2.05) is 24.3 Å². The molecule has 0 atom stereocenters. The van der Waals surface area contributed by atoms with Crippen molar-refractivity contribution in [2.75, 3.05) is 7.11 Å². The first-order chi connectivity index (χ1) is 12.6. The van der Waals surface area contributed by atoms with Crippen molar-refractivity contribution >= 4 is 11.0 Å². The van der Waals surface area contributed by atoms with E-state index in [1.54, 1.807) is 35.0 Å². The van der Waals surface area contributed by atoms with Gasteiger partial charge in [0, 0.05) is 17.4 Å². The number of nitrogens with one attached hydrogen (secondary N) is 2. The quantitative estimate of drug-likeness (QED) is 0.529. The van der Waals surface area contributed by atoms with E-state index in [2.05, 4.69) is 9.97 Å². The summed E-state index contributed by atoms with van der Waals surface area (Å²) in [5, 5.41) is 10.3. The molecule has 0 saturated carbocycles. The van der Waals surface area contributed by atoms with E-state index in [0.29, 0.717) is 22.3 Å². The molecule has 0 bridgehead atoms. The molecule has 7 nitrogen and oxygen atoms in total. The predicted octanol–water partition coefficient (Wildman–Crippen LogP) is 2.39. The zero-order valence-corrected chi connectivity index (χ0v) is 13.8. The molecule has 4 rings (SSSR count). The summed E-state index contributed by atoms with van der Waals surface area (Å²) in [4.78, 5) is 28.3. The second-order valence-electron chi connectivity index (χ2n) is 5.76. The standard InChI is InChI=1S/C19H15N3O4/c1-26-15-4-2-3-13(17(15)23)11-5-7-12(8-6-11)22-10-9-14-16(22)18(24)21-19(25)20-14/h2-10,23H,1H3,(H2,20,21,24,25). The van der Waals surface area contributed by atoms with Crippen LogP contribution in [0.25, 0.3) is 27.8 Å². The van der Waals surface area contributed by atoms with E-state index >= 15 is 0 Å². The van der Waals surface area contributed by atoms with Gasteiger partial charge in [0.2, 0.25) is 0 Å². The molecule has 0 aliphatic carbocycles. The van der Waals surface area contributed by atoms with Crippen LogP contribution in [0.2, 0.25) is 0 Å². The van der Waals surface area contributed by atoms with E-state index in [4.69, 9.17) is 4.74 Å². The molecular weight excluding hydrogens is 334 g/mol. The fourth-order valence-corrected chi connectivity index (χ4v) is 3.02. The van der Waals surface area contributed by atoms with Crippen molar-refractivity contribution in [1.82, 2.24) is 14.5 Å². The van der Waals surface area contributed by atoms with Gasteiger partial charge < -0.3 is 19.4 Å². The number of hydrogen-bond donors (Lipinski definition) is 3. The Morgan fingerprint density at radius 2 is 1.77 bits per heavy atom. The van der Waals surface area contributed by atoms with Crippen molar-refractivity contribution in [3.05, 3.63) is 75.6 Å². The SMILES string of the molecule is COc1cccc(-c2ccc(-n3ccc4[nH]c(=O)[nH]c(=O)c43)cc2)c1O. The first-order valence-corrected chi connectivity index (χ1v) is 7.89. The van der Waals surface area contributed by atoms with Gasteiger partial charge in [0.15, 0.2) is 11.5 Å². The number of aromatic nitrogens is 3. The predicted molar refractivity (Wildman–Crippen MR) is 98.2 cm³/mol. The first-order valence-electron chi connectivity index (χ1n) is 7.89. The summed E-state index contributed by atoms with van der Waals surface area (Å²) in [6, 6.07) is 14.3. The number of phenolic OH excluding ortho intramolecular Hbond substituents is 1. The Labute approximate surface area is 147 Å². The third kappa shape index (κ3) is 2.46. The van der Waals surface area contributed by atoms with Gasteiger partial charge in [-0.25, -0.2) is 4.79 Å². The Morgan fingerprint density at radius 3 is 2.50 bits per heavy atom. The number of nitrogens with zero attached hydrogens (tertiary/aromatic N) is 1. The number of ether oxygens (including phenoxy) is 1. The molecule has 3 N–H and O–H groups in total. The van der Waals surface area contributed by atoms with Crippen LogP contribution in [0.3, 0.4) is 0 Å². The summed E-state index contributed by atoms with van der Waals surface area (Å²) in [6.45, 7) is 0. The third-order valence-electron chi connectivity index (χ3n) is 4.25. The Morgan fingerprint density at radius 1 is 1.00 bits per heavy atom. The minimum atomic E-state index is -0.538. The minimum absolute atomic E-state index is 0.0724. The van der Waals surface area contributed by atoms with Gasteiger partial charge in [-0.2, -0.15) is 0 Å². The molecule has 26 heavy (non-hydrogen) atoms. The van der Waals surface area contributed by atoms with Gasteiger partial charge in [-0.3, -0.25) is 9.78 Å². The maximum Gasteiger partial charge on any atom is 0.326 e. The van der Waals surface area contributed by atoms with Crippen LogP contribution < -0.4 is 16.0 Å². The van der Waals surface area contributed by atoms with Crippen molar-refractivity contribution in [2.45, 2.75) is 0 Å². The smallest absolute Gasteiger partial charge is 0.326 e. The number of H-pyrrole nitrogens is 2. The number of methoxy groups -OCH3 is 1. The molecule has 2 aromatic carbocycles. The molecule has 0 aliphatic rings. The maximum absolute atomic E-state index is 12.1. The summed E-state index contributed by atoms with van der Waals surface area (Å²) in [5.41, 5.74) is 2.05. The monoisotopic (exact) mass is 349 g/mol. The van der Waals surface area contributed by atoms with Crippen molar-refractivity contribution < 1.29 is 9.84 Å². The second-order valence-corrected chi connectivity index (χ2v) is 5.76. The van der Waals surface area contributed by atoms with E-state index in [-0.39, 0.29) is 5.75 Å². The van der Waals surface area contributed by atoms with Crippen molar-refractivity contribution in [2.24, 2.45) is 0 Å². The average molecular weight is 349 g/mol. The lowest BCUT2D eigenvalue weighted by atomic mass is 10.0. The summed E-state index contributed by atoms with van der Waals surface area (Å²) in [6.07, 6.45) is 1.72. The molecular formula is C19H15N3O4. The molecule has 0 radical (unpaired) electrons. The Bertz CT molecular complexity index is 1220. The molecule has 130 valence electrons. The Kier molecular flexibility index (Phi) is 3.62. The number of para-hydroxylation sites is 1. The van der Waals surface area contributed by atoms with Crippen LogP contribution in [-0.4, -0.2) is 26.8 Å². The van der Waals surface area contributed by atoms with Gasteiger partial charge >= 0.3 is 5.69 Å². The van der Waals surface area contributed by atoms with E-state index in [9.17, 15) is 14.7 Å². The second kappa shape index (κ2) is 5.96. The highest BCUT2D eigenvalue weighted by atomic mass is 16.5. The molecule has 2 aromatic heterocycles. The fraction of sp³-hybridized carbons (Fsp3) is 0.0526. The van der Waals surface area contributed by atoms with Crippen LogP contribution in [0.15, 0.2) is 64.3 Å². The number of aromatic hydroxyl groups is 1. The minimum Gasteiger partial charge on any atom is -0.504 e. The summed E-state index contributed by atoms with van der Waals surface area (Å²) >= 11 is 0. The van der Waals surface area contributed by atoms with Gasteiger partial charge in [-0.05, 0) is 29.8 Å². The highest BCUT2D eigenvalue weighted by Gasteiger charge is 2.11. The lowest BCUT2D eigenvalue weighted by molar-refractivity contribution is 0.374. The molecule has 2 heterocycles. The van der Waals surface area contributed by atoms with Crippen molar-refractivity contribution in [3.63, 3.8) is 0 Å². The molecule has 0 amide bonds. The fourth-order valence-electron chi connectivity index (χ4n) is 3.02. The lowest BCUT2D eigenvalue weighted by Gasteiger charge is -2.10. The van der Waals surface area contributed by atoms with E-state index in [0.717, 1.165) is 11.3 Å². The molecule has 7 heteroatoms. The summed E-state index contributed by atoms with van der Waals surface area (Å²) < 4.78 is 6.83. The highest BCUT2D eigenvalue weighted by Crippen LogP contribution is 2.36. The topological polar surface area (TPSA) is 100 Å². The molecule has 4 aromatic rings. The van der Waals surface area contributed by atoms with Crippen LogP contribution in [-0.2, 0) is 0 Å². The molecule has 0 aliphatic heterocycles. The number of aromatic amines is 2. The third-order valence-corrected chi connectivity index (χ3v) is 4.25. The molecule has 0 fully saturated rings. The Hall–Kier alpha value is -3.74. The zero-order chi connectivity index (χ0) is 18.3. The highest BCUT2D eigenvalue weighted by molar-refractivity contribution is 5.78. The lowest BCUT2D eigenvalue weighted by Crippen LogP contribution is -2.22. The molecule has 0 saturated heterocycles. The molecule has 0 spiro atoms. The largest absolute Gasteiger partial charge is 0.504 e. The molecule has 0 unspecified atom stereocenters. The number of phenols is 1. The van der Waals surface area contributed by atoms with E-state index < -0.39 is 11.2 Å². The van der Waals surface area contributed by atoms with Crippen LogP contribution >= 0.6 is 0 Å². The van der Waals surface area contributed by atoms with Gasteiger partial charge in [-0.1, -0.05) is 24.3 Å². The van der Waals surface area contributed by atoms with Crippen LogP contribution in [0.1, 0.15) is 0 Å². The number of hydrogen-bond acceptors (Lipinski definition) is 4. The van der Waals surface area contributed by atoms with Gasteiger partial charge in [0.25, 0.3) is 5.56 Å². The number of benzene rings is 2.